The van der Waals surface area contributed by atoms with Gasteiger partial charge in [0.1, 0.15) is 0 Å². The summed E-state index contributed by atoms with van der Waals surface area (Å²) in [6, 6.07) is 14.1. The first-order chi connectivity index (χ1) is 11.6. The molecule has 124 valence electrons. The van der Waals surface area contributed by atoms with E-state index in [0.717, 1.165) is 10.2 Å². The number of hydrogen-bond donors (Lipinski definition) is 1. The third kappa shape index (κ3) is 4.01. The molecule has 0 atom stereocenters. The molecule has 3 rings (SSSR count). The second kappa shape index (κ2) is 7.59. The number of hydrogen-bond acceptors (Lipinski definition) is 3. The van der Waals surface area contributed by atoms with Gasteiger partial charge in [-0.1, -0.05) is 15.9 Å². The number of nitrogens with one attached hydrogen (secondary N) is 1. The fourth-order valence-corrected chi connectivity index (χ4v) is 2.71. The lowest BCUT2D eigenvalue weighted by Crippen LogP contribution is -2.40. The summed E-state index contributed by atoms with van der Waals surface area (Å²) in [4.78, 5) is 26.4. The SMILES string of the molecule is O=C(Nc1ccc(Br)cc1)c1ccc(C(=O)N2CCOCC2)cc1. The summed E-state index contributed by atoms with van der Waals surface area (Å²) in [5.74, 6) is -0.235. The van der Waals surface area contributed by atoms with Crippen LogP contribution in [0.25, 0.3) is 0 Å². The Morgan fingerprint density at radius 2 is 1.50 bits per heavy atom. The lowest BCUT2D eigenvalue weighted by molar-refractivity contribution is 0.0303. The van der Waals surface area contributed by atoms with E-state index in [1.165, 1.54) is 0 Å². The predicted octanol–water partition coefficient (Wildman–Crippen LogP) is 3.17. The van der Waals surface area contributed by atoms with Gasteiger partial charge in [0.15, 0.2) is 0 Å². The zero-order chi connectivity index (χ0) is 16.9. The molecule has 0 bridgehead atoms. The molecule has 6 heteroatoms. The van der Waals surface area contributed by atoms with E-state index >= 15 is 0 Å². The van der Waals surface area contributed by atoms with Crippen LogP contribution < -0.4 is 5.32 Å². The molecule has 2 aromatic carbocycles. The Morgan fingerprint density at radius 3 is 2.12 bits per heavy atom. The third-order valence-electron chi connectivity index (χ3n) is 3.79. The number of halogens is 1. The van der Waals surface area contributed by atoms with Crippen molar-refractivity contribution < 1.29 is 14.3 Å². The van der Waals surface area contributed by atoms with E-state index in [0.29, 0.717) is 37.4 Å². The first-order valence-electron chi connectivity index (χ1n) is 7.67. The minimum Gasteiger partial charge on any atom is -0.378 e. The zero-order valence-corrected chi connectivity index (χ0v) is 14.6. The van der Waals surface area contributed by atoms with Crippen LogP contribution in [-0.4, -0.2) is 43.0 Å². The molecule has 1 N–H and O–H groups in total. The number of amides is 2. The summed E-state index contributed by atoms with van der Waals surface area (Å²) in [5.41, 5.74) is 1.81. The standard InChI is InChI=1S/C18H17BrN2O3/c19-15-5-7-16(8-6-15)20-17(22)13-1-3-14(4-2-13)18(23)21-9-11-24-12-10-21/h1-8H,9-12H2,(H,20,22). The van der Waals surface area contributed by atoms with Crippen LogP contribution >= 0.6 is 15.9 Å². The highest BCUT2D eigenvalue weighted by atomic mass is 79.9. The molecule has 0 radical (unpaired) electrons. The first kappa shape index (κ1) is 16.7. The predicted molar refractivity (Wildman–Crippen MR) is 95.3 cm³/mol. The van der Waals surface area contributed by atoms with Gasteiger partial charge in [0.05, 0.1) is 13.2 Å². The number of morpholine rings is 1. The van der Waals surface area contributed by atoms with E-state index in [9.17, 15) is 9.59 Å². The van der Waals surface area contributed by atoms with Gasteiger partial charge in [-0.05, 0) is 48.5 Å². The van der Waals surface area contributed by atoms with Gasteiger partial charge in [-0.3, -0.25) is 9.59 Å². The molecule has 1 aliphatic rings. The summed E-state index contributed by atoms with van der Waals surface area (Å²) in [6.07, 6.45) is 0. The highest BCUT2D eigenvalue weighted by Crippen LogP contribution is 2.16. The molecule has 24 heavy (non-hydrogen) atoms. The average molecular weight is 389 g/mol. The maximum Gasteiger partial charge on any atom is 0.255 e. The molecule has 1 fully saturated rings. The van der Waals surface area contributed by atoms with Crippen LogP contribution in [0.1, 0.15) is 20.7 Å². The van der Waals surface area contributed by atoms with Gasteiger partial charge in [0, 0.05) is 34.4 Å². The quantitative estimate of drug-likeness (QED) is 0.878. The van der Waals surface area contributed by atoms with Crippen molar-refractivity contribution in [1.29, 1.82) is 0 Å². The Kier molecular flexibility index (Phi) is 5.27. The van der Waals surface area contributed by atoms with Crippen molar-refractivity contribution in [3.05, 3.63) is 64.1 Å². The molecule has 0 aromatic heterocycles. The van der Waals surface area contributed by atoms with E-state index in [4.69, 9.17) is 4.74 Å². The number of benzene rings is 2. The van der Waals surface area contributed by atoms with Crippen LogP contribution in [0.5, 0.6) is 0 Å². The molecular weight excluding hydrogens is 372 g/mol. The Hall–Kier alpha value is -2.18. The summed E-state index contributed by atoms with van der Waals surface area (Å²) >= 11 is 3.35. The van der Waals surface area contributed by atoms with Gasteiger partial charge in [-0.15, -0.1) is 0 Å². The molecule has 1 heterocycles. The van der Waals surface area contributed by atoms with Crippen LogP contribution in [0.2, 0.25) is 0 Å². The maximum absolute atomic E-state index is 12.4. The Morgan fingerprint density at radius 1 is 0.917 bits per heavy atom. The molecule has 1 saturated heterocycles. The highest BCUT2D eigenvalue weighted by molar-refractivity contribution is 9.10. The van der Waals surface area contributed by atoms with E-state index in [1.807, 2.05) is 24.3 Å². The molecular formula is C18H17BrN2O3. The molecule has 0 spiro atoms. The van der Waals surface area contributed by atoms with Crippen molar-refractivity contribution in [2.45, 2.75) is 0 Å². The van der Waals surface area contributed by atoms with Crippen molar-refractivity contribution in [1.82, 2.24) is 4.90 Å². The van der Waals surface area contributed by atoms with Crippen LogP contribution in [0, 0.1) is 0 Å². The zero-order valence-electron chi connectivity index (χ0n) is 13.0. The maximum atomic E-state index is 12.4. The van der Waals surface area contributed by atoms with Gasteiger partial charge in [-0.25, -0.2) is 0 Å². The van der Waals surface area contributed by atoms with E-state index in [1.54, 1.807) is 29.2 Å². The molecule has 0 aliphatic carbocycles. The number of ether oxygens (including phenoxy) is 1. The number of carbonyl (C=O) groups excluding carboxylic acids is 2. The highest BCUT2D eigenvalue weighted by Gasteiger charge is 2.18. The number of rotatable bonds is 3. The van der Waals surface area contributed by atoms with Crippen molar-refractivity contribution in [3.63, 3.8) is 0 Å². The lowest BCUT2D eigenvalue weighted by Gasteiger charge is -2.26. The Bertz CT molecular complexity index is 723. The topological polar surface area (TPSA) is 58.6 Å². The van der Waals surface area contributed by atoms with Crippen molar-refractivity contribution in [2.75, 3.05) is 31.6 Å². The minimum atomic E-state index is -0.206. The van der Waals surface area contributed by atoms with E-state index in [-0.39, 0.29) is 11.8 Å². The van der Waals surface area contributed by atoms with Crippen LogP contribution in [0.4, 0.5) is 5.69 Å². The Balaban J connectivity index is 1.66. The first-order valence-corrected chi connectivity index (χ1v) is 8.47. The van der Waals surface area contributed by atoms with Gasteiger partial charge in [0.2, 0.25) is 0 Å². The number of carbonyl (C=O) groups is 2. The number of anilines is 1. The number of nitrogens with zero attached hydrogens (tertiary/aromatic N) is 1. The molecule has 0 saturated carbocycles. The van der Waals surface area contributed by atoms with Crippen LogP contribution in [0.15, 0.2) is 53.0 Å². The summed E-state index contributed by atoms with van der Waals surface area (Å²) in [5, 5.41) is 2.83. The molecule has 0 unspecified atom stereocenters. The molecule has 2 aromatic rings. The smallest absolute Gasteiger partial charge is 0.255 e. The molecule has 5 nitrogen and oxygen atoms in total. The molecule has 2 amide bonds. The normalized spacial score (nSPS) is 14.3. The summed E-state index contributed by atoms with van der Waals surface area (Å²) in [7, 11) is 0. The van der Waals surface area contributed by atoms with Gasteiger partial charge >= 0.3 is 0 Å². The fourth-order valence-electron chi connectivity index (χ4n) is 2.45. The fraction of sp³-hybridized carbons (Fsp3) is 0.222. The Labute approximate surface area is 148 Å². The van der Waals surface area contributed by atoms with Gasteiger partial charge < -0.3 is 15.0 Å². The average Bonchev–Trinajstić information content (AvgIpc) is 2.64. The largest absolute Gasteiger partial charge is 0.378 e. The molecule has 1 aliphatic heterocycles. The lowest BCUT2D eigenvalue weighted by atomic mass is 10.1. The summed E-state index contributed by atoms with van der Waals surface area (Å²) in [6.45, 7) is 2.34. The van der Waals surface area contributed by atoms with E-state index < -0.39 is 0 Å². The minimum absolute atomic E-state index is 0.0295. The van der Waals surface area contributed by atoms with Crippen molar-refractivity contribution >= 4 is 33.4 Å². The van der Waals surface area contributed by atoms with Gasteiger partial charge in [-0.2, -0.15) is 0 Å². The van der Waals surface area contributed by atoms with Crippen molar-refractivity contribution in [3.8, 4) is 0 Å². The van der Waals surface area contributed by atoms with Gasteiger partial charge in [0.25, 0.3) is 11.8 Å². The van der Waals surface area contributed by atoms with Crippen LogP contribution in [0.3, 0.4) is 0 Å². The van der Waals surface area contributed by atoms with E-state index in [2.05, 4.69) is 21.2 Å². The van der Waals surface area contributed by atoms with Crippen molar-refractivity contribution in [2.24, 2.45) is 0 Å². The van der Waals surface area contributed by atoms with Crippen LogP contribution in [-0.2, 0) is 4.74 Å². The summed E-state index contributed by atoms with van der Waals surface area (Å²) < 4.78 is 6.20. The third-order valence-corrected chi connectivity index (χ3v) is 4.32. The second-order valence-corrected chi connectivity index (χ2v) is 6.36. The second-order valence-electron chi connectivity index (χ2n) is 5.44. The monoisotopic (exact) mass is 388 g/mol.